The second kappa shape index (κ2) is 8.81. The van der Waals surface area contributed by atoms with Crippen LogP contribution in [0.25, 0.3) is 10.9 Å². The number of amides is 1. The van der Waals surface area contributed by atoms with Gasteiger partial charge in [-0.1, -0.05) is 35.0 Å². The van der Waals surface area contributed by atoms with Gasteiger partial charge in [-0.05, 0) is 42.3 Å². The fourth-order valence-electron chi connectivity index (χ4n) is 2.96. The van der Waals surface area contributed by atoms with E-state index in [-0.39, 0.29) is 18.0 Å². The minimum atomic E-state index is -0.241. The van der Waals surface area contributed by atoms with Crippen molar-refractivity contribution in [2.45, 2.75) is 26.4 Å². The van der Waals surface area contributed by atoms with Crippen molar-refractivity contribution in [3.63, 3.8) is 0 Å². The van der Waals surface area contributed by atoms with Crippen LogP contribution in [-0.2, 0) is 17.9 Å². The standard InChI is InChI=1S/C21H19BrN4O2/c1-2-9-25(12-16-5-3-15(11-23)4-6-16)20(27)13-26-14-24-19-8-7-17(22)10-18(19)21(26)28/h3-8,10,14H,2,9,12-13H2,1H3. The topological polar surface area (TPSA) is 79.0 Å². The lowest BCUT2D eigenvalue weighted by Crippen LogP contribution is -2.36. The van der Waals surface area contributed by atoms with E-state index >= 15 is 0 Å². The number of carbonyl (C=O) groups excluding carboxylic acids is 1. The highest BCUT2D eigenvalue weighted by molar-refractivity contribution is 9.10. The molecule has 0 aliphatic heterocycles. The van der Waals surface area contributed by atoms with Crippen molar-refractivity contribution in [2.24, 2.45) is 0 Å². The molecule has 2 aromatic carbocycles. The Morgan fingerprint density at radius 3 is 2.68 bits per heavy atom. The number of nitriles is 1. The van der Waals surface area contributed by atoms with Crippen LogP contribution in [0.3, 0.4) is 0 Å². The molecule has 28 heavy (non-hydrogen) atoms. The Balaban J connectivity index is 1.82. The molecule has 1 amide bonds. The first-order valence-corrected chi connectivity index (χ1v) is 9.72. The smallest absolute Gasteiger partial charge is 0.261 e. The number of fused-ring (bicyclic) bond motifs is 1. The highest BCUT2D eigenvalue weighted by atomic mass is 79.9. The first-order chi connectivity index (χ1) is 13.5. The number of halogens is 1. The lowest BCUT2D eigenvalue weighted by Gasteiger charge is -2.23. The third kappa shape index (κ3) is 4.46. The van der Waals surface area contributed by atoms with Crippen molar-refractivity contribution in [1.82, 2.24) is 14.5 Å². The molecule has 3 aromatic rings. The monoisotopic (exact) mass is 438 g/mol. The number of carbonyl (C=O) groups is 1. The molecule has 0 N–H and O–H groups in total. The van der Waals surface area contributed by atoms with Gasteiger partial charge in [0.25, 0.3) is 5.56 Å². The Bertz CT molecular complexity index is 1100. The highest BCUT2D eigenvalue weighted by Gasteiger charge is 2.16. The number of hydrogen-bond donors (Lipinski definition) is 0. The lowest BCUT2D eigenvalue weighted by atomic mass is 10.1. The van der Waals surface area contributed by atoms with Crippen LogP contribution in [0.15, 0.2) is 58.1 Å². The second-order valence-electron chi connectivity index (χ2n) is 6.46. The predicted octanol–water partition coefficient (Wildman–Crippen LogP) is 3.47. The molecule has 0 aliphatic rings. The minimum Gasteiger partial charge on any atom is -0.337 e. The van der Waals surface area contributed by atoms with E-state index in [1.54, 1.807) is 29.2 Å². The summed E-state index contributed by atoms with van der Waals surface area (Å²) in [4.78, 5) is 31.6. The number of rotatable bonds is 6. The maximum Gasteiger partial charge on any atom is 0.261 e. The average molecular weight is 439 g/mol. The molecule has 0 spiro atoms. The number of nitrogens with zero attached hydrogens (tertiary/aromatic N) is 4. The molecule has 7 heteroatoms. The van der Waals surface area contributed by atoms with Gasteiger partial charge >= 0.3 is 0 Å². The van der Waals surface area contributed by atoms with Crippen molar-refractivity contribution in [3.8, 4) is 6.07 Å². The molecule has 0 bridgehead atoms. The molecule has 1 aromatic heterocycles. The van der Waals surface area contributed by atoms with Gasteiger partial charge in [-0.2, -0.15) is 5.26 Å². The summed E-state index contributed by atoms with van der Waals surface area (Å²) in [7, 11) is 0. The van der Waals surface area contributed by atoms with E-state index in [0.717, 1.165) is 16.5 Å². The van der Waals surface area contributed by atoms with Crippen LogP contribution in [0.2, 0.25) is 0 Å². The van der Waals surface area contributed by atoms with Crippen molar-refractivity contribution in [1.29, 1.82) is 5.26 Å². The molecule has 1 heterocycles. The summed E-state index contributed by atoms with van der Waals surface area (Å²) in [6.07, 6.45) is 2.22. The zero-order valence-electron chi connectivity index (χ0n) is 15.4. The van der Waals surface area contributed by atoms with Crippen LogP contribution in [0.5, 0.6) is 0 Å². The Labute approximate surface area is 171 Å². The second-order valence-corrected chi connectivity index (χ2v) is 7.38. The normalized spacial score (nSPS) is 10.6. The molecule has 0 aliphatic carbocycles. The quantitative estimate of drug-likeness (QED) is 0.589. The van der Waals surface area contributed by atoms with Crippen LogP contribution in [0.4, 0.5) is 0 Å². The molecule has 6 nitrogen and oxygen atoms in total. The van der Waals surface area contributed by atoms with Gasteiger partial charge in [-0.3, -0.25) is 14.2 Å². The summed E-state index contributed by atoms with van der Waals surface area (Å²) >= 11 is 3.36. The Kier molecular flexibility index (Phi) is 6.22. The van der Waals surface area contributed by atoms with E-state index in [1.165, 1.54) is 10.9 Å². The van der Waals surface area contributed by atoms with Gasteiger partial charge in [0.15, 0.2) is 0 Å². The van der Waals surface area contributed by atoms with E-state index in [0.29, 0.717) is 29.6 Å². The number of benzene rings is 2. The van der Waals surface area contributed by atoms with Gasteiger partial charge in [0.05, 0.1) is 28.9 Å². The van der Waals surface area contributed by atoms with Gasteiger partial charge < -0.3 is 4.90 Å². The number of aromatic nitrogens is 2. The Morgan fingerprint density at radius 1 is 1.25 bits per heavy atom. The molecule has 0 unspecified atom stereocenters. The van der Waals surface area contributed by atoms with E-state index in [2.05, 4.69) is 27.0 Å². The van der Waals surface area contributed by atoms with Crippen LogP contribution in [0, 0.1) is 11.3 Å². The predicted molar refractivity (Wildman–Crippen MR) is 111 cm³/mol. The van der Waals surface area contributed by atoms with Crippen molar-refractivity contribution < 1.29 is 4.79 Å². The number of hydrogen-bond acceptors (Lipinski definition) is 4. The molecule has 142 valence electrons. The largest absolute Gasteiger partial charge is 0.337 e. The zero-order chi connectivity index (χ0) is 20.1. The average Bonchev–Trinajstić information content (AvgIpc) is 2.70. The van der Waals surface area contributed by atoms with Gasteiger partial charge in [0.2, 0.25) is 5.91 Å². The van der Waals surface area contributed by atoms with Crippen LogP contribution >= 0.6 is 15.9 Å². The molecule has 0 fully saturated rings. The molecule has 0 radical (unpaired) electrons. The summed E-state index contributed by atoms with van der Waals surface area (Å²) in [5.41, 5.74) is 1.88. The van der Waals surface area contributed by atoms with E-state index in [1.807, 2.05) is 25.1 Å². The van der Waals surface area contributed by atoms with Crippen LogP contribution < -0.4 is 5.56 Å². The molecule has 3 rings (SSSR count). The Morgan fingerprint density at radius 2 is 2.00 bits per heavy atom. The summed E-state index contributed by atoms with van der Waals surface area (Å²) in [6.45, 7) is 2.95. The maximum absolute atomic E-state index is 12.9. The van der Waals surface area contributed by atoms with E-state index < -0.39 is 0 Å². The van der Waals surface area contributed by atoms with Crippen LogP contribution in [0.1, 0.15) is 24.5 Å². The van der Waals surface area contributed by atoms with Gasteiger partial charge in [-0.25, -0.2) is 4.98 Å². The zero-order valence-corrected chi connectivity index (χ0v) is 17.0. The lowest BCUT2D eigenvalue weighted by molar-refractivity contribution is -0.132. The first kappa shape index (κ1) is 19.8. The van der Waals surface area contributed by atoms with Gasteiger partial charge in [-0.15, -0.1) is 0 Å². The summed E-state index contributed by atoms with van der Waals surface area (Å²) in [6, 6.07) is 14.5. The summed E-state index contributed by atoms with van der Waals surface area (Å²) < 4.78 is 2.13. The SMILES string of the molecule is CCCN(Cc1ccc(C#N)cc1)C(=O)Cn1cnc2ccc(Br)cc2c1=O. The molecule has 0 saturated heterocycles. The third-order valence-electron chi connectivity index (χ3n) is 4.39. The van der Waals surface area contributed by atoms with Crippen molar-refractivity contribution >= 4 is 32.7 Å². The summed E-state index contributed by atoms with van der Waals surface area (Å²) in [5.74, 6) is -0.149. The van der Waals surface area contributed by atoms with E-state index in [9.17, 15) is 9.59 Å². The summed E-state index contributed by atoms with van der Waals surface area (Å²) in [5, 5.41) is 9.38. The fourth-order valence-corrected chi connectivity index (χ4v) is 3.32. The van der Waals surface area contributed by atoms with Crippen LogP contribution in [-0.4, -0.2) is 26.9 Å². The molecular formula is C21H19BrN4O2. The van der Waals surface area contributed by atoms with Gasteiger partial charge in [0.1, 0.15) is 6.54 Å². The Hall–Kier alpha value is -2.98. The van der Waals surface area contributed by atoms with Crippen molar-refractivity contribution in [3.05, 3.63) is 74.7 Å². The third-order valence-corrected chi connectivity index (χ3v) is 4.89. The van der Waals surface area contributed by atoms with Gasteiger partial charge in [0, 0.05) is 17.6 Å². The van der Waals surface area contributed by atoms with E-state index in [4.69, 9.17) is 5.26 Å². The first-order valence-electron chi connectivity index (χ1n) is 8.93. The minimum absolute atomic E-state index is 0.0649. The maximum atomic E-state index is 12.9. The molecule has 0 saturated carbocycles. The molecular weight excluding hydrogens is 420 g/mol. The molecule has 0 atom stereocenters. The highest BCUT2D eigenvalue weighted by Crippen LogP contribution is 2.15. The van der Waals surface area contributed by atoms with Crippen molar-refractivity contribution in [2.75, 3.05) is 6.54 Å². The fraction of sp³-hybridized carbons (Fsp3) is 0.238.